The smallest absolute Gasteiger partial charge is 0.221 e. The lowest BCUT2D eigenvalue weighted by Crippen LogP contribution is -2.43. The number of sulfone groups is 1. The molecular weight excluding hydrogens is 372 g/mol. The zero-order valence-corrected chi connectivity index (χ0v) is 18.6. The molecule has 160 valence electrons. The first-order valence-corrected chi connectivity index (χ1v) is 12.3. The van der Waals surface area contributed by atoms with Crippen molar-refractivity contribution in [3.8, 4) is 0 Å². The van der Waals surface area contributed by atoms with E-state index in [1.807, 2.05) is 6.92 Å². The van der Waals surface area contributed by atoms with Crippen LogP contribution in [0.25, 0.3) is 0 Å². The summed E-state index contributed by atoms with van der Waals surface area (Å²) in [5, 5.41) is 2.97. The van der Waals surface area contributed by atoms with Gasteiger partial charge in [0.05, 0.1) is 10.6 Å². The van der Waals surface area contributed by atoms with Crippen molar-refractivity contribution in [2.75, 3.05) is 25.4 Å². The number of benzene rings is 1. The summed E-state index contributed by atoms with van der Waals surface area (Å²) < 4.78 is 24.6. The van der Waals surface area contributed by atoms with Crippen LogP contribution in [0.15, 0.2) is 35.2 Å². The number of amides is 1. The molecule has 1 rings (SSSR count). The van der Waals surface area contributed by atoms with Gasteiger partial charge in [-0.05, 0) is 45.0 Å². The summed E-state index contributed by atoms with van der Waals surface area (Å²) in [5.74, 6) is -0.360. The molecule has 0 saturated carbocycles. The number of carbonyl (C=O) groups is 1. The van der Waals surface area contributed by atoms with Gasteiger partial charge in [0.15, 0.2) is 9.84 Å². The third-order valence-electron chi connectivity index (χ3n) is 4.80. The fraction of sp³-hybridized carbons (Fsp3) is 0.682. The second kappa shape index (κ2) is 13.7. The molecule has 0 unspecified atom stereocenters. The SMILES string of the molecule is CCCCCN(CCCCC)C[C@H](C)NC(=O)CCS(=O)(=O)c1ccccc1. The van der Waals surface area contributed by atoms with Crippen molar-refractivity contribution < 1.29 is 13.2 Å². The first-order valence-electron chi connectivity index (χ1n) is 10.7. The van der Waals surface area contributed by atoms with Crippen LogP contribution in [0, 0.1) is 0 Å². The third kappa shape index (κ3) is 10.2. The monoisotopic (exact) mass is 410 g/mol. The van der Waals surface area contributed by atoms with E-state index in [1.54, 1.807) is 30.3 Å². The highest BCUT2D eigenvalue weighted by Gasteiger charge is 2.18. The van der Waals surface area contributed by atoms with Gasteiger partial charge in [0, 0.05) is 19.0 Å². The fourth-order valence-electron chi connectivity index (χ4n) is 3.22. The average Bonchev–Trinajstić information content (AvgIpc) is 2.67. The van der Waals surface area contributed by atoms with Crippen molar-refractivity contribution >= 4 is 15.7 Å². The number of nitrogens with one attached hydrogen (secondary N) is 1. The number of rotatable bonds is 15. The van der Waals surface area contributed by atoms with Crippen LogP contribution in [-0.4, -0.2) is 50.7 Å². The Morgan fingerprint density at radius 3 is 2.11 bits per heavy atom. The fourth-order valence-corrected chi connectivity index (χ4v) is 4.48. The lowest BCUT2D eigenvalue weighted by Gasteiger charge is -2.26. The van der Waals surface area contributed by atoms with Gasteiger partial charge in [0.2, 0.25) is 5.91 Å². The number of nitrogens with zero attached hydrogens (tertiary/aromatic N) is 1. The van der Waals surface area contributed by atoms with Gasteiger partial charge in [0.25, 0.3) is 0 Å². The van der Waals surface area contributed by atoms with Crippen LogP contribution in [0.2, 0.25) is 0 Å². The Bertz CT molecular complexity index is 637. The van der Waals surface area contributed by atoms with Crippen molar-refractivity contribution in [3.63, 3.8) is 0 Å². The predicted molar refractivity (Wildman–Crippen MR) is 116 cm³/mol. The van der Waals surface area contributed by atoms with E-state index < -0.39 is 9.84 Å². The Hall–Kier alpha value is -1.40. The molecule has 0 fully saturated rings. The minimum absolute atomic E-state index is 0.00671. The molecule has 0 aliphatic rings. The molecular formula is C22H38N2O3S. The summed E-state index contributed by atoms with van der Waals surface area (Å²) >= 11 is 0. The van der Waals surface area contributed by atoms with E-state index in [4.69, 9.17) is 0 Å². The quantitative estimate of drug-likeness (QED) is 0.443. The Balaban J connectivity index is 2.45. The summed E-state index contributed by atoms with van der Waals surface area (Å²) in [6, 6.07) is 8.32. The predicted octanol–water partition coefficient (Wildman–Crippen LogP) is 4.04. The minimum Gasteiger partial charge on any atom is -0.352 e. The molecule has 0 radical (unpaired) electrons. The van der Waals surface area contributed by atoms with Crippen LogP contribution < -0.4 is 5.32 Å². The number of hydrogen-bond acceptors (Lipinski definition) is 4. The van der Waals surface area contributed by atoms with Crippen molar-refractivity contribution in [2.45, 2.75) is 76.7 Å². The van der Waals surface area contributed by atoms with Crippen molar-refractivity contribution in [1.29, 1.82) is 0 Å². The van der Waals surface area contributed by atoms with E-state index in [0.717, 1.165) is 19.6 Å². The van der Waals surface area contributed by atoms with Crippen LogP contribution in [0.5, 0.6) is 0 Å². The largest absolute Gasteiger partial charge is 0.352 e. The molecule has 1 amide bonds. The molecule has 0 aliphatic carbocycles. The van der Waals surface area contributed by atoms with Gasteiger partial charge in [-0.25, -0.2) is 8.42 Å². The lowest BCUT2D eigenvalue weighted by atomic mass is 10.2. The molecule has 1 atom stereocenters. The summed E-state index contributed by atoms with van der Waals surface area (Å²) in [5.41, 5.74) is 0. The molecule has 0 aliphatic heterocycles. The molecule has 1 aromatic carbocycles. The van der Waals surface area contributed by atoms with Gasteiger partial charge >= 0.3 is 0 Å². The molecule has 0 spiro atoms. The molecule has 28 heavy (non-hydrogen) atoms. The van der Waals surface area contributed by atoms with E-state index in [2.05, 4.69) is 24.1 Å². The number of unbranched alkanes of at least 4 members (excludes halogenated alkanes) is 4. The van der Waals surface area contributed by atoms with Crippen LogP contribution in [-0.2, 0) is 14.6 Å². The van der Waals surface area contributed by atoms with Gasteiger partial charge in [-0.15, -0.1) is 0 Å². The second-order valence-corrected chi connectivity index (χ2v) is 9.67. The second-order valence-electron chi connectivity index (χ2n) is 7.57. The highest BCUT2D eigenvalue weighted by Crippen LogP contribution is 2.11. The zero-order chi connectivity index (χ0) is 20.8. The van der Waals surface area contributed by atoms with Gasteiger partial charge in [0.1, 0.15) is 0 Å². The molecule has 0 saturated heterocycles. The van der Waals surface area contributed by atoms with E-state index in [-0.39, 0.29) is 29.0 Å². The van der Waals surface area contributed by atoms with Gasteiger partial charge in [-0.3, -0.25) is 4.79 Å². The molecule has 1 aromatic rings. The molecule has 0 bridgehead atoms. The van der Waals surface area contributed by atoms with Crippen molar-refractivity contribution in [3.05, 3.63) is 30.3 Å². The molecule has 0 heterocycles. The van der Waals surface area contributed by atoms with E-state index in [0.29, 0.717) is 0 Å². The maximum atomic E-state index is 12.3. The highest BCUT2D eigenvalue weighted by molar-refractivity contribution is 7.91. The van der Waals surface area contributed by atoms with Crippen LogP contribution >= 0.6 is 0 Å². The van der Waals surface area contributed by atoms with Crippen molar-refractivity contribution in [1.82, 2.24) is 10.2 Å². The summed E-state index contributed by atoms with van der Waals surface area (Å²) in [4.78, 5) is 14.9. The minimum atomic E-state index is -3.42. The average molecular weight is 411 g/mol. The first kappa shape index (κ1) is 24.6. The molecule has 0 aromatic heterocycles. The van der Waals surface area contributed by atoms with Crippen LogP contribution in [0.4, 0.5) is 0 Å². The van der Waals surface area contributed by atoms with Gasteiger partial charge in [-0.1, -0.05) is 57.7 Å². The van der Waals surface area contributed by atoms with Crippen LogP contribution in [0.1, 0.15) is 65.7 Å². The molecule has 6 heteroatoms. The summed E-state index contributed by atoms with van der Waals surface area (Å²) in [6.07, 6.45) is 7.20. The van der Waals surface area contributed by atoms with E-state index in [9.17, 15) is 13.2 Å². The molecule has 1 N–H and O–H groups in total. The zero-order valence-electron chi connectivity index (χ0n) is 17.8. The molecule has 5 nitrogen and oxygen atoms in total. The normalized spacial score (nSPS) is 12.9. The highest BCUT2D eigenvalue weighted by atomic mass is 32.2. The van der Waals surface area contributed by atoms with Crippen LogP contribution in [0.3, 0.4) is 0 Å². The van der Waals surface area contributed by atoms with E-state index >= 15 is 0 Å². The Morgan fingerprint density at radius 1 is 1.00 bits per heavy atom. The Kier molecular flexibility index (Phi) is 12.1. The number of carbonyl (C=O) groups excluding carboxylic acids is 1. The Morgan fingerprint density at radius 2 is 1.57 bits per heavy atom. The summed E-state index contributed by atoms with van der Waals surface area (Å²) in [7, 11) is -3.42. The van der Waals surface area contributed by atoms with Crippen molar-refractivity contribution in [2.24, 2.45) is 0 Å². The maximum Gasteiger partial charge on any atom is 0.221 e. The first-order chi connectivity index (χ1) is 13.4. The van der Waals surface area contributed by atoms with Gasteiger partial charge in [-0.2, -0.15) is 0 Å². The topological polar surface area (TPSA) is 66.5 Å². The number of hydrogen-bond donors (Lipinski definition) is 1. The standard InChI is InChI=1S/C22H38N2O3S/c1-4-6-11-16-24(17-12-7-5-2)19-20(3)23-22(25)15-18-28(26,27)21-13-9-8-10-14-21/h8-10,13-14,20H,4-7,11-12,15-19H2,1-3H3,(H,23,25)/t20-/m0/s1. The van der Waals surface area contributed by atoms with Gasteiger partial charge < -0.3 is 10.2 Å². The Labute approximate surface area is 171 Å². The third-order valence-corrected chi connectivity index (χ3v) is 6.53. The lowest BCUT2D eigenvalue weighted by molar-refractivity contribution is -0.121. The summed E-state index contributed by atoms with van der Waals surface area (Å²) in [6.45, 7) is 9.32. The maximum absolute atomic E-state index is 12.3. The van der Waals surface area contributed by atoms with E-state index in [1.165, 1.54) is 38.5 Å².